The fraction of sp³-hybridized carbons (Fsp3) is 0.600. The van der Waals surface area contributed by atoms with E-state index in [2.05, 4.69) is 21.1 Å². The summed E-state index contributed by atoms with van der Waals surface area (Å²) in [5, 5.41) is 4.74. The van der Waals surface area contributed by atoms with Gasteiger partial charge in [-0.15, -0.1) is 0 Å². The number of urea groups is 1. The van der Waals surface area contributed by atoms with Gasteiger partial charge in [0.2, 0.25) is 0 Å². The normalized spacial score (nSPS) is 8.45. The van der Waals surface area contributed by atoms with Crippen LogP contribution in [0.1, 0.15) is 0 Å². The topological polar surface area (TPSA) is 93.4 Å². The maximum Gasteiger partial charge on any atom is 0.404 e. The molecule has 11 heavy (non-hydrogen) atoms. The first-order valence-corrected chi connectivity index (χ1v) is 3.04. The van der Waals surface area contributed by atoms with Crippen LogP contribution in [0.25, 0.3) is 0 Å². The van der Waals surface area contributed by atoms with E-state index >= 15 is 0 Å². The summed E-state index contributed by atoms with van der Waals surface area (Å²) >= 11 is 0. The van der Waals surface area contributed by atoms with E-state index in [0.717, 1.165) is 0 Å². The number of primary amides is 1. The number of ether oxygens (including phenoxy) is 1. The Morgan fingerprint density at radius 3 is 2.64 bits per heavy atom. The quantitative estimate of drug-likeness (QED) is 0.464. The van der Waals surface area contributed by atoms with Gasteiger partial charge >= 0.3 is 12.1 Å². The van der Waals surface area contributed by atoms with Crippen molar-refractivity contribution in [1.82, 2.24) is 10.6 Å². The molecule has 6 nitrogen and oxygen atoms in total. The molecule has 64 valence electrons. The zero-order valence-corrected chi connectivity index (χ0v) is 6.22. The van der Waals surface area contributed by atoms with E-state index < -0.39 is 6.09 Å². The van der Waals surface area contributed by atoms with Crippen molar-refractivity contribution in [2.75, 3.05) is 20.2 Å². The van der Waals surface area contributed by atoms with Crippen molar-refractivity contribution in [3.05, 3.63) is 0 Å². The summed E-state index contributed by atoms with van der Waals surface area (Å²) in [5.41, 5.74) is 4.65. The van der Waals surface area contributed by atoms with Gasteiger partial charge in [0, 0.05) is 7.05 Å². The number of hydrogen-bond acceptors (Lipinski definition) is 3. The minimum atomic E-state index is -0.844. The average Bonchev–Trinajstić information content (AvgIpc) is 1.97. The Morgan fingerprint density at radius 1 is 1.55 bits per heavy atom. The van der Waals surface area contributed by atoms with Gasteiger partial charge in [0.1, 0.15) is 6.61 Å². The second kappa shape index (κ2) is 5.33. The fourth-order valence-corrected chi connectivity index (χ4v) is 0.405. The number of rotatable bonds is 3. The van der Waals surface area contributed by atoms with Gasteiger partial charge in [-0.2, -0.15) is 0 Å². The van der Waals surface area contributed by atoms with Crippen LogP contribution in [0.2, 0.25) is 0 Å². The van der Waals surface area contributed by atoms with Gasteiger partial charge in [0.05, 0.1) is 6.54 Å². The number of hydrogen-bond donors (Lipinski definition) is 3. The SMILES string of the molecule is CNC(=O)NCCOC(N)=O. The van der Waals surface area contributed by atoms with Crippen LogP contribution in [-0.4, -0.2) is 32.3 Å². The zero-order chi connectivity index (χ0) is 8.69. The molecule has 6 heteroatoms. The van der Waals surface area contributed by atoms with Crippen molar-refractivity contribution >= 4 is 12.1 Å². The van der Waals surface area contributed by atoms with Crippen molar-refractivity contribution in [3.63, 3.8) is 0 Å². The Balaban J connectivity index is 3.14. The highest BCUT2D eigenvalue weighted by Gasteiger charge is 1.95. The number of amides is 3. The number of nitrogens with two attached hydrogens (primary N) is 1. The predicted octanol–water partition coefficient (Wildman–Crippen LogP) is -0.989. The summed E-state index contributed by atoms with van der Waals surface area (Å²) < 4.78 is 4.33. The molecule has 0 saturated carbocycles. The molecule has 0 fully saturated rings. The van der Waals surface area contributed by atoms with Gasteiger partial charge in [-0.3, -0.25) is 0 Å². The summed E-state index contributed by atoms with van der Waals surface area (Å²) in [5.74, 6) is 0. The second-order valence-electron chi connectivity index (χ2n) is 1.67. The Hall–Kier alpha value is -1.46. The van der Waals surface area contributed by atoms with Crippen molar-refractivity contribution in [2.24, 2.45) is 5.73 Å². The highest BCUT2D eigenvalue weighted by Crippen LogP contribution is 1.70. The minimum absolute atomic E-state index is 0.0861. The lowest BCUT2D eigenvalue weighted by Crippen LogP contribution is -2.35. The highest BCUT2D eigenvalue weighted by atomic mass is 16.5. The minimum Gasteiger partial charge on any atom is -0.448 e. The van der Waals surface area contributed by atoms with E-state index in [1.54, 1.807) is 0 Å². The first-order valence-electron chi connectivity index (χ1n) is 3.04. The number of carbonyl (C=O) groups excluding carboxylic acids is 2. The molecular formula is C5H11N3O3. The maximum atomic E-state index is 10.5. The van der Waals surface area contributed by atoms with Gasteiger partial charge in [-0.1, -0.05) is 0 Å². The molecule has 0 atom stereocenters. The number of carbonyl (C=O) groups is 2. The third-order valence-corrected chi connectivity index (χ3v) is 0.859. The van der Waals surface area contributed by atoms with Crippen LogP contribution in [0.15, 0.2) is 0 Å². The summed E-state index contributed by atoms with van der Waals surface area (Å²) in [7, 11) is 1.49. The van der Waals surface area contributed by atoms with Crippen LogP contribution in [-0.2, 0) is 4.74 Å². The van der Waals surface area contributed by atoms with Crippen LogP contribution >= 0.6 is 0 Å². The Kier molecular flexibility index (Phi) is 4.63. The molecule has 0 aromatic heterocycles. The molecular weight excluding hydrogens is 150 g/mol. The van der Waals surface area contributed by atoms with Gasteiger partial charge in [-0.05, 0) is 0 Å². The van der Waals surface area contributed by atoms with E-state index in [-0.39, 0.29) is 19.2 Å². The first-order chi connectivity index (χ1) is 5.16. The summed E-state index contributed by atoms with van der Waals surface area (Å²) in [6.45, 7) is 0.339. The highest BCUT2D eigenvalue weighted by molar-refractivity contribution is 5.73. The maximum absolute atomic E-state index is 10.5. The van der Waals surface area contributed by atoms with E-state index in [4.69, 9.17) is 0 Å². The molecule has 0 aliphatic heterocycles. The number of nitrogens with one attached hydrogen (secondary N) is 2. The molecule has 3 amide bonds. The molecule has 0 heterocycles. The summed E-state index contributed by atoms with van der Waals surface area (Å²) in [6, 6.07) is -0.321. The monoisotopic (exact) mass is 161 g/mol. The third kappa shape index (κ3) is 6.42. The van der Waals surface area contributed by atoms with Crippen molar-refractivity contribution < 1.29 is 14.3 Å². The lowest BCUT2D eigenvalue weighted by molar-refractivity contribution is 0.157. The van der Waals surface area contributed by atoms with Gasteiger partial charge in [0.15, 0.2) is 0 Å². The van der Waals surface area contributed by atoms with E-state index in [0.29, 0.717) is 0 Å². The van der Waals surface area contributed by atoms with Crippen LogP contribution in [0.3, 0.4) is 0 Å². The van der Waals surface area contributed by atoms with Gasteiger partial charge < -0.3 is 21.1 Å². The Labute approximate surface area is 64.1 Å². The van der Waals surface area contributed by atoms with Crippen molar-refractivity contribution in [1.29, 1.82) is 0 Å². The van der Waals surface area contributed by atoms with E-state index in [1.807, 2.05) is 0 Å². The fourth-order valence-electron chi connectivity index (χ4n) is 0.405. The Morgan fingerprint density at radius 2 is 2.18 bits per heavy atom. The van der Waals surface area contributed by atoms with Gasteiger partial charge in [-0.25, -0.2) is 9.59 Å². The molecule has 0 unspecified atom stereocenters. The Bertz CT molecular complexity index is 148. The second-order valence-corrected chi connectivity index (χ2v) is 1.67. The molecule has 0 aliphatic carbocycles. The van der Waals surface area contributed by atoms with E-state index in [9.17, 15) is 9.59 Å². The molecule has 0 aromatic carbocycles. The van der Waals surface area contributed by atoms with Crippen LogP contribution in [0, 0.1) is 0 Å². The van der Waals surface area contributed by atoms with E-state index in [1.165, 1.54) is 7.05 Å². The smallest absolute Gasteiger partial charge is 0.404 e. The van der Waals surface area contributed by atoms with Crippen LogP contribution in [0.4, 0.5) is 9.59 Å². The average molecular weight is 161 g/mol. The molecule has 0 bridgehead atoms. The summed E-state index contributed by atoms with van der Waals surface area (Å²) in [4.78, 5) is 20.4. The molecule has 0 rings (SSSR count). The molecule has 0 saturated heterocycles. The molecule has 0 radical (unpaired) electrons. The lowest BCUT2D eigenvalue weighted by Gasteiger charge is -2.03. The van der Waals surface area contributed by atoms with Crippen molar-refractivity contribution in [2.45, 2.75) is 0 Å². The molecule has 0 spiro atoms. The largest absolute Gasteiger partial charge is 0.448 e. The lowest BCUT2D eigenvalue weighted by atomic mass is 10.7. The third-order valence-electron chi connectivity index (χ3n) is 0.859. The standard InChI is InChI=1S/C5H11N3O3/c1-7-5(10)8-2-3-11-4(6)9/h2-3H2,1H3,(H2,6,9)(H2,7,8,10). The zero-order valence-electron chi connectivity index (χ0n) is 6.22. The predicted molar refractivity (Wildman–Crippen MR) is 38.0 cm³/mol. The van der Waals surface area contributed by atoms with Crippen LogP contribution in [0.5, 0.6) is 0 Å². The summed E-state index contributed by atoms with van der Waals surface area (Å²) in [6.07, 6.45) is -0.844. The molecule has 0 aliphatic rings. The van der Waals surface area contributed by atoms with Crippen molar-refractivity contribution in [3.8, 4) is 0 Å². The molecule has 4 N–H and O–H groups in total. The van der Waals surface area contributed by atoms with Crippen LogP contribution < -0.4 is 16.4 Å². The first kappa shape index (κ1) is 9.54. The van der Waals surface area contributed by atoms with Gasteiger partial charge in [0.25, 0.3) is 0 Å². The molecule has 0 aromatic rings.